The molecular formula is C13H16N2O3. The van der Waals surface area contributed by atoms with E-state index in [4.69, 9.17) is 5.73 Å². The lowest BCUT2D eigenvalue weighted by Crippen LogP contribution is -2.43. The Morgan fingerprint density at radius 3 is 2.44 bits per heavy atom. The minimum Gasteiger partial charge on any atom is -0.468 e. The summed E-state index contributed by atoms with van der Waals surface area (Å²) in [5, 5.41) is 2.80. The highest BCUT2D eigenvalue weighted by Gasteiger charge is 2.24. The van der Waals surface area contributed by atoms with Crippen molar-refractivity contribution in [3.8, 4) is 0 Å². The van der Waals surface area contributed by atoms with E-state index in [0.29, 0.717) is 5.56 Å². The summed E-state index contributed by atoms with van der Waals surface area (Å²) in [6, 6.07) is 7.34. The van der Waals surface area contributed by atoms with E-state index in [2.05, 4.69) is 16.6 Å². The molecule has 1 aromatic carbocycles. The normalized spacial score (nSPS) is 13.4. The van der Waals surface area contributed by atoms with Crippen molar-refractivity contribution in [3.05, 3.63) is 48.6 Å². The molecule has 0 aliphatic rings. The quantitative estimate of drug-likeness (QED) is 0.568. The van der Waals surface area contributed by atoms with Gasteiger partial charge in [0.25, 0.3) is 0 Å². The van der Waals surface area contributed by atoms with Crippen molar-refractivity contribution in [1.82, 2.24) is 5.32 Å². The standard InChI is InChI=1S/C13H16N2O3/c1-3-10(13(17)18-2)15-11(12(14)16)9-7-5-4-6-8-9/h3-8,10-11,15H,1H2,2H3,(H2,14,16). The van der Waals surface area contributed by atoms with Crippen LogP contribution in [0.4, 0.5) is 0 Å². The van der Waals surface area contributed by atoms with Crippen LogP contribution >= 0.6 is 0 Å². The smallest absolute Gasteiger partial charge is 0.326 e. The molecule has 0 heterocycles. The number of benzene rings is 1. The summed E-state index contributed by atoms with van der Waals surface area (Å²) < 4.78 is 4.59. The van der Waals surface area contributed by atoms with Crippen molar-refractivity contribution in [2.75, 3.05) is 7.11 Å². The predicted octanol–water partition coefficient (Wildman–Crippen LogP) is 0.530. The van der Waals surface area contributed by atoms with Crippen molar-refractivity contribution in [2.24, 2.45) is 5.73 Å². The second-order valence-corrected chi connectivity index (χ2v) is 3.65. The minimum absolute atomic E-state index is 0.521. The third-order valence-electron chi connectivity index (χ3n) is 2.45. The Morgan fingerprint density at radius 2 is 2.00 bits per heavy atom. The first-order valence-electron chi connectivity index (χ1n) is 5.40. The van der Waals surface area contributed by atoms with Gasteiger partial charge in [0.15, 0.2) is 0 Å². The van der Waals surface area contributed by atoms with Crippen molar-refractivity contribution in [2.45, 2.75) is 12.1 Å². The highest BCUT2D eigenvalue weighted by molar-refractivity contribution is 5.84. The van der Waals surface area contributed by atoms with Crippen LogP contribution in [0.2, 0.25) is 0 Å². The molecule has 0 aliphatic heterocycles. The number of carbonyl (C=O) groups excluding carboxylic acids is 2. The lowest BCUT2D eigenvalue weighted by atomic mass is 10.1. The Hall–Kier alpha value is -2.14. The van der Waals surface area contributed by atoms with E-state index in [-0.39, 0.29) is 0 Å². The van der Waals surface area contributed by atoms with E-state index < -0.39 is 24.0 Å². The number of rotatable bonds is 6. The lowest BCUT2D eigenvalue weighted by molar-refractivity contribution is -0.142. The first-order valence-corrected chi connectivity index (χ1v) is 5.40. The van der Waals surface area contributed by atoms with Crippen molar-refractivity contribution >= 4 is 11.9 Å². The Balaban J connectivity index is 2.91. The number of carbonyl (C=O) groups is 2. The van der Waals surface area contributed by atoms with Crippen LogP contribution in [0.25, 0.3) is 0 Å². The second-order valence-electron chi connectivity index (χ2n) is 3.65. The van der Waals surface area contributed by atoms with Gasteiger partial charge in [0.1, 0.15) is 12.1 Å². The molecule has 0 saturated carbocycles. The van der Waals surface area contributed by atoms with Crippen LogP contribution in [0, 0.1) is 0 Å². The average Bonchev–Trinajstić information content (AvgIpc) is 2.39. The molecule has 5 heteroatoms. The number of nitrogens with one attached hydrogen (secondary N) is 1. The molecule has 0 spiro atoms. The molecule has 96 valence electrons. The summed E-state index contributed by atoms with van der Waals surface area (Å²) in [6.45, 7) is 3.52. The zero-order chi connectivity index (χ0) is 13.5. The first kappa shape index (κ1) is 13.9. The van der Waals surface area contributed by atoms with Crippen LogP contribution in [-0.4, -0.2) is 25.0 Å². The SMILES string of the molecule is C=CC(NC(C(N)=O)c1ccccc1)C(=O)OC. The number of hydrogen-bond donors (Lipinski definition) is 2. The molecule has 0 saturated heterocycles. The molecule has 2 unspecified atom stereocenters. The van der Waals surface area contributed by atoms with E-state index in [9.17, 15) is 9.59 Å². The van der Waals surface area contributed by atoms with Crippen LogP contribution in [0.1, 0.15) is 11.6 Å². The zero-order valence-corrected chi connectivity index (χ0v) is 10.1. The lowest BCUT2D eigenvalue weighted by Gasteiger charge is -2.20. The van der Waals surface area contributed by atoms with Gasteiger partial charge in [-0.1, -0.05) is 36.4 Å². The Kier molecular flexibility index (Phi) is 5.07. The fourth-order valence-corrected chi connectivity index (χ4v) is 1.53. The number of amides is 1. The summed E-state index contributed by atoms with van der Waals surface area (Å²) in [5.74, 6) is -1.09. The Bertz CT molecular complexity index is 431. The maximum absolute atomic E-state index is 11.4. The van der Waals surface area contributed by atoms with Crippen molar-refractivity contribution < 1.29 is 14.3 Å². The molecule has 1 amide bonds. The summed E-state index contributed by atoms with van der Waals surface area (Å²) in [4.78, 5) is 22.9. The molecule has 0 aromatic heterocycles. The molecule has 18 heavy (non-hydrogen) atoms. The summed E-state index contributed by atoms with van der Waals surface area (Å²) >= 11 is 0. The molecule has 1 rings (SSSR count). The van der Waals surface area contributed by atoms with Gasteiger partial charge in [-0.2, -0.15) is 0 Å². The largest absolute Gasteiger partial charge is 0.468 e. The van der Waals surface area contributed by atoms with E-state index >= 15 is 0 Å². The highest BCUT2D eigenvalue weighted by atomic mass is 16.5. The van der Waals surface area contributed by atoms with E-state index in [0.717, 1.165) is 0 Å². The molecule has 1 aromatic rings. The predicted molar refractivity (Wildman–Crippen MR) is 67.5 cm³/mol. The maximum atomic E-state index is 11.4. The number of ether oxygens (including phenoxy) is 1. The van der Waals surface area contributed by atoms with E-state index in [1.54, 1.807) is 24.3 Å². The molecule has 2 atom stereocenters. The van der Waals surface area contributed by atoms with E-state index in [1.807, 2.05) is 6.07 Å². The fourth-order valence-electron chi connectivity index (χ4n) is 1.53. The number of methoxy groups -OCH3 is 1. The zero-order valence-electron chi connectivity index (χ0n) is 10.1. The first-order chi connectivity index (χ1) is 8.60. The van der Waals surface area contributed by atoms with Gasteiger partial charge < -0.3 is 10.5 Å². The van der Waals surface area contributed by atoms with Crippen molar-refractivity contribution in [1.29, 1.82) is 0 Å². The molecule has 0 radical (unpaired) electrons. The van der Waals surface area contributed by atoms with Gasteiger partial charge in [-0.3, -0.25) is 14.9 Å². The van der Waals surface area contributed by atoms with Crippen molar-refractivity contribution in [3.63, 3.8) is 0 Å². The number of nitrogens with two attached hydrogens (primary N) is 1. The van der Waals surface area contributed by atoms with Crippen LogP contribution in [-0.2, 0) is 14.3 Å². The Labute approximate surface area is 106 Å². The molecule has 3 N–H and O–H groups in total. The molecular weight excluding hydrogens is 232 g/mol. The number of hydrogen-bond acceptors (Lipinski definition) is 4. The number of primary amides is 1. The topological polar surface area (TPSA) is 81.4 Å². The molecule has 0 fully saturated rings. The van der Waals surface area contributed by atoms with Crippen LogP contribution < -0.4 is 11.1 Å². The van der Waals surface area contributed by atoms with Gasteiger partial charge in [0, 0.05) is 0 Å². The third kappa shape index (κ3) is 3.43. The van der Waals surface area contributed by atoms with Gasteiger partial charge in [0.05, 0.1) is 7.11 Å². The van der Waals surface area contributed by atoms with Gasteiger partial charge in [-0.15, -0.1) is 6.58 Å². The van der Waals surface area contributed by atoms with Gasteiger partial charge >= 0.3 is 5.97 Å². The number of esters is 1. The molecule has 0 aliphatic carbocycles. The fraction of sp³-hybridized carbons (Fsp3) is 0.231. The monoisotopic (exact) mass is 248 g/mol. The summed E-state index contributed by atoms with van der Waals surface area (Å²) in [7, 11) is 1.27. The van der Waals surface area contributed by atoms with Gasteiger partial charge in [0.2, 0.25) is 5.91 Å². The van der Waals surface area contributed by atoms with Crippen LogP contribution in [0.15, 0.2) is 43.0 Å². The molecule has 0 bridgehead atoms. The second kappa shape index (κ2) is 6.56. The van der Waals surface area contributed by atoms with Gasteiger partial charge in [-0.25, -0.2) is 0 Å². The highest BCUT2D eigenvalue weighted by Crippen LogP contribution is 2.13. The average molecular weight is 248 g/mol. The molecule has 5 nitrogen and oxygen atoms in total. The summed E-state index contributed by atoms with van der Waals surface area (Å²) in [5.41, 5.74) is 6.01. The minimum atomic E-state index is -0.785. The van der Waals surface area contributed by atoms with Crippen LogP contribution in [0.3, 0.4) is 0 Å². The third-order valence-corrected chi connectivity index (χ3v) is 2.45. The van der Waals surface area contributed by atoms with E-state index in [1.165, 1.54) is 13.2 Å². The summed E-state index contributed by atoms with van der Waals surface area (Å²) in [6.07, 6.45) is 1.37. The van der Waals surface area contributed by atoms with Crippen LogP contribution in [0.5, 0.6) is 0 Å². The van der Waals surface area contributed by atoms with Gasteiger partial charge in [-0.05, 0) is 5.56 Å². The maximum Gasteiger partial charge on any atom is 0.326 e. The Morgan fingerprint density at radius 1 is 1.39 bits per heavy atom.